The lowest BCUT2D eigenvalue weighted by molar-refractivity contribution is -0.134. The normalized spacial score (nSPS) is 23.1. The Morgan fingerprint density at radius 1 is 1.27 bits per heavy atom. The van der Waals surface area contributed by atoms with Gasteiger partial charge in [0.05, 0.1) is 18.8 Å². The van der Waals surface area contributed by atoms with Crippen LogP contribution < -0.4 is 5.73 Å². The van der Waals surface area contributed by atoms with Gasteiger partial charge < -0.3 is 15.5 Å². The number of hydrogen-bond acceptors (Lipinski definition) is 6. The van der Waals surface area contributed by atoms with Crippen LogP contribution in [0, 0.1) is 11.3 Å². The Morgan fingerprint density at radius 2 is 2.06 bits per heavy atom. The van der Waals surface area contributed by atoms with E-state index < -0.39 is 6.04 Å². The van der Waals surface area contributed by atoms with E-state index >= 15 is 0 Å². The third-order valence-corrected chi connectivity index (χ3v) is 6.76. The number of carbonyl (C=O) groups excluding carboxylic acids is 2. The molecule has 1 aromatic rings. The zero-order valence-corrected chi connectivity index (χ0v) is 20.2. The molecule has 8 nitrogen and oxygen atoms in total. The molecule has 2 heterocycles. The van der Waals surface area contributed by atoms with Crippen molar-refractivity contribution in [1.82, 2.24) is 19.6 Å². The van der Waals surface area contributed by atoms with Crippen LogP contribution in [0.15, 0.2) is 24.3 Å². The van der Waals surface area contributed by atoms with Crippen molar-refractivity contribution in [2.45, 2.75) is 63.7 Å². The van der Waals surface area contributed by atoms with Crippen LogP contribution in [0.25, 0.3) is 0 Å². The summed E-state index contributed by atoms with van der Waals surface area (Å²) in [4.78, 5) is 33.3. The van der Waals surface area contributed by atoms with E-state index in [-0.39, 0.29) is 17.9 Å². The van der Waals surface area contributed by atoms with E-state index in [1.165, 1.54) is 0 Å². The van der Waals surface area contributed by atoms with Crippen LogP contribution in [0.1, 0.15) is 54.9 Å². The Kier molecular flexibility index (Phi) is 8.84. The van der Waals surface area contributed by atoms with Gasteiger partial charge in [-0.2, -0.15) is 5.26 Å². The van der Waals surface area contributed by atoms with Crippen molar-refractivity contribution >= 4 is 11.8 Å². The minimum absolute atomic E-state index is 0.000567. The molecular formula is C25H38N6O2. The Bertz CT molecular complexity index is 867. The summed E-state index contributed by atoms with van der Waals surface area (Å²) in [5.74, 6) is -0.106. The second-order valence-corrected chi connectivity index (χ2v) is 9.52. The number of likely N-dealkylation sites (tertiary alicyclic amines) is 1. The van der Waals surface area contributed by atoms with Crippen molar-refractivity contribution in [2.75, 3.05) is 40.4 Å². The second kappa shape index (κ2) is 11.6. The fourth-order valence-electron chi connectivity index (χ4n) is 4.91. The molecule has 3 rings (SSSR count). The first kappa shape index (κ1) is 25.2. The fraction of sp³-hybridized carbons (Fsp3) is 0.640. The van der Waals surface area contributed by atoms with Gasteiger partial charge in [-0.25, -0.2) is 0 Å². The van der Waals surface area contributed by atoms with Crippen LogP contribution in [-0.4, -0.2) is 89.9 Å². The van der Waals surface area contributed by atoms with Crippen molar-refractivity contribution < 1.29 is 9.59 Å². The molecule has 0 radical (unpaired) electrons. The zero-order valence-electron chi connectivity index (χ0n) is 20.2. The molecule has 33 heavy (non-hydrogen) atoms. The molecular weight excluding hydrogens is 416 g/mol. The molecule has 8 heteroatoms. The van der Waals surface area contributed by atoms with E-state index in [4.69, 9.17) is 5.73 Å². The summed E-state index contributed by atoms with van der Waals surface area (Å²) in [6, 6.07) is 9.48. The van der Waals surface area contributed by atoms with Gasteiger partial charge in [0, 0.05) is 51.9 Å². The summed E-state index contributed by atoms with van der Waals surface area (Å²) >= 11 is 0. The Labute approximate surface area is 197 Å². The maximum absolute atomic E-state index is 13.1. The van der Waals surface area contributed by atoms with Crippen LogP contribution in [0.3, 0.4) is 0 Å². The monoisotopic (exact) mass is 454 g/mol. The van der Waals surface area contributed by atoms with E-state index in [0.717, 1.165) is 57.4 Å². The maximum atomic E-state index is 13.1. The standard InChI is InChI=1S/C25H38N6O2/c1-4-21-16-29(17-23(27)25(33)31-12-7-5-6-11-22(31)14-26)18-30(21)15-19-9-8-10-20(13-19)24(32)28(2)3/h8-10,13,21-23H,4-7,11-12,15-18,27H2,1-3H3/t21-,22?,23?/m0/s1. The summed E-state index contributed by atoms with van der Waals surface area (Å²) in [6.07, 6.45) is 4.70. The maximum Gasteiger partial charge on any atom is 0.253 e. The van der Waals surface area contributed by atoms with E-state index in [0.29, 0.717) is 24.7 Å². The van der Waals surface area contributed by atoms with Crippen LogP contribution in [0.4, 0.5) is 0 Å². The lowest BCUT2D eigenvalue weighted by Gasteiger charge is -2.29. The Balaban J connectivity index is 1.62. The highest BCUT2D eigenvalue weighted by Crippen LogP contribution is 2.21. The van der Waals surface area contributed by atoms with Gasteiger partial charge in [0.15, 0.2) is 0 Å². The lowest BCUT2D eigenvalue weighted by Crippen LogP contribution is -2.52. The number of hydrogen-bond donors (Lipinski definition) is 1. The summed E-state index contributed by atoms with van der Waals surface area (Å²) in [5, 5.41) is 9.50. The molecule has 2 unspecified atom stereocenters. The smallest absolute Gasteiger partial charge is 0.253 e. The van der Waals surface area contributed by atoms with Gasteiger partial charge in [0.25, 0.3) is 5.91 Å². The van der Waals surface area contributed by atoms with Gasteiger partial charge in [-0.1, -0.05) is 31.9 Å². The predicted octanol–water partition coefficient (Wildman–Crippen LogP) is 1.86. The number of nitrogens with zero attached hydrogens (tertiary/aromatic N) is 5. The molecule has 180 valence electrons. The largest absolute Gasteiger partial charge is 0.345 e. The van der Waals surface area contributed by atoms with E-state index in [2.05, 4.69) is 28.9 Å². The average Bonchev–Trinajstić information content (AvgIpc) is 3.03. The highest BCUT2D eigenvalue weighted by atomic mass is 16.2. The molecule has 2 amide bonds. The topological polar surface area (TPSA) is 96.9 Å². The van der Waals surface area contributed by atoms with Crippen molar-refractivity contribution in [3.8, 4) is 6.07 Å². The highest BCUT2D eigenvalue weighted by molar-refractivity contribution is 5.94. The molecule has 0 bridgehead atoms. The highest BCUT2D eigenvalue weighted by Gasteiger charge is 2.34. The molecule has 1 aromatic carbocycles. The van der Waals surface area contributed by atoms with E-state index in [1.807, 2.05) is 18.2 Å². The molecule has 0 aliphatic carbocycles. The number of amides is 2. The number of nitrogens with two attached hydrogens (primary N) is 1. The van der Waals surface area contributed by atoms with E-state index in [9.17, 15) is 14.9 Å². The molecule has 0 spiro atoms. The predicted molar refractivity (Wildman–Crippen MR) is 128 cm³/mol. The summed E-state index contributed by atoms with van der Waals surface area (Å²) in [7, 11) is 3.52. The van der Waals surface area contributed by atoms with Crippen molar-refractivity contribution in [3.63, 3.8) is 0 Å². The van der Waals surface area contributed by atoms with Gasteiger partial charge in [-0.05, 0) is 37.0 Å². The van der Waals surface area contributed by atoms with Crippen LogP contribution in [0.5, 0.6) is 0 Å². The quantitative estimate of drug-likeness (QED) is 0.676. The van der Waals surface area contributed by atoms with Gasteiger partial charge in [-0.3, -0.25) is 19.4 Å². The lowest BCUT2D eigenvalue weighted by atomic mass is 10.1. The first-order chi connectivity index (χ1) is 15.8. The fourth-order valence-corrected chi connectivity index (χ4v) is 4.91. The average molecular weight is 455 g/mol. The molecule has 3 atom stereocenters. The third-order valence-electron chi connectivity index (χ3n) is 6.76. The number of nitriles is 1. The molecule has 2 aliphatic rings. The zero-order chi connectivity index (χ0) is 24.0. The molecule has 2 N–H and O–H groups in total. The van der Waals surface area contributed by atoms with Gasteiger partial charge >= 0.3 is 0 Å². The Morgan fingerprint density at radius 3 is 2.76 bits per heavy atom. The number of rotatable bonds is 7. The minimum Gasteiger partial charge on any atom is -0.345 e. The summed E-state index contributed by atoms with van der Waals surface area (Å²) in [6.45, 7) is 5.61. The van der Waals surface area contributed by atoms with Crippen LogP contribution in [-0.2, 0) is 11.3 Å². The Hall–Kier alpha value is -2.47. The minimum atomic E-state index is -0.627. The summed E-state index contributed by atoms with van der Waals surface area (Å²) in [5.41, 5.74) is 8.15. The van der Waals surface area contributed by atoms with Gasteiger partial charge in [-0.15, -0.1) is 0 Å². The molecule has 0 aromatic heterocycles. The number of carbonyl (C=O) groups is 2. The van der Waals surface area contributed by atoms with E-state index in [1.54, 1.807) is 23.9 Å². The molecule has 2 aliphatic heterocycles. The first-order valence-corrected chi connectivity index (χ1v) is 12.1. The summed E-state index contributed by atoms with van der Waals surface area (Å²) < 4.78 is 0. The second-order valence-electron chi connectivity index (χ2n) is 9.52. The first-order valence-electron chi connectivity index (χ1n) is 12.1. The van der Waals surface area contributed by atoms with Gasteiger partial charge in [0.1, 0.15) is 6.04 Å². The number of benzene rings is 1. The SMILES string of the molecule is CC[C@H]1CN(CC(N)C(=O)N2CCCCCC2C#N)CN1Cc1cccc(C(=O)N(C)C)c1. The molecule has 2 saturated heterocycles. The third kappa shape index (κ3) is 6.32. The van der Waals surface area contributed by atoms with Crippen molar-refractivity contribution in [3.05, 3.63) is 35.4 Å². The van der Waals surface area contributed by atoms with Crippen molar-refractivity contribution in [1.29, 1.82) is 5.26 Å². The van der Waals surface area contributed by atoms with Crippen LogP contribution in [0.2, 0.25) is 0 Å². The molecule has 0 saturated carbocycles. The van der Waals surface area contributed by atoms with Crippen LogP contribution >= 0.6 is 0 Å². The van der Waals surface area contributed by atoms with Crippen molar-refractivity contribution in [2.24, 2.45) is 5.73 Å². The van der Waals surface area contributed by atoms with Gasteiger partial charge in [0.2, 0.25) is 5.91 Å². The molecule has 2 fully saturated rings.